The van der Waals surface area contributed by atoms with Crippen molar-refractivity contribution in [2.45, 2.75) is 26.0 Å². The molecule has 0 bridgehead atoms. The fraction of sp³-hybridized carbons (Fsp3) is 0.278. The highest BCUT2D eigenvalue weighted by atomic mass is 16.3. The molecule has 4 nitrogen and oxygen atoms in total. The van der Waals surface area contributed by atoms with Gasteiger partial charge in [-0.1, -0.05) is 42.5 Å². The molecule has 2 rings (SSSR count). The van der Waals surface area contributed by atoms with Gasteiger partial charge in [-0.15, -0.1) is 0 Å². The van der Waals surface area contributed by atoms with E-state index in [1.165, 1.54) is 6.07 Å². The average molecular weight is 299 g/mol. The van der Waals surface area contributed by atoms with Crippen molar-refractivity contribution in [3.8, 4) is 5.75 Å². The quantitative estimate of drug-likeness (QED) is 0.892. The van der Waals surface area contributed by atoms with Gasteiger partial charge < -0.3 is 15.1 Å². The van der Waals surface area contributed by atoms with Gasteiger partial charge in [0.15, 0.2) is 0 Å². The molecule has 0 aliphatic heterocycles. The minimum absolute atomic E-state index is 0.0543. The monoisotopic (exact) mass is 299 g/mol. The number of amides is 1. The van der Waals surface area contributed by atoms with Crippen LogP contribution in [0.5, 0.6) is 5.75 Å². The molecule has 2 aromatic carbocycles. The Labute approximate surface area is 130 Å². The highest BCUT2D eigenvalue weighted by Crippen LogP contribution is 2.20. The fourth-order valence-corrected chi connectivity index (χ4v) is 2.30. The Morgan fingerprint density at radius 1 is 1.05 bits per heavy atom. The molecule has 0 aliphatic carbocycles. The summed E-state index contributed by atoms with van der Waals surface area (Å²) in [6, 6.07) is 16.0. The Hall–Kier alpha value is -2.33. The highest BCUT2D eigenvalue weighted by molar-refractivity contribution is 5.96. The molecule has 0 spiro atoms. The van der Waals surface area contributed by atoms with Gasteiger partial charge in [-0.3, -0.25) is 4.79 Å². The third-order valence-corrected chi connectivity index (χ3v) is 3.22. The minimum atomic E-state index is -1.02. The van der Waals surface area contributed by atoms with Crippen LogP contribution < -0.4 is 0 Å². The van der Waals surface area contributed by atoms with Gasteiger partial charge in [0.1, 0.15) is 5.75 Å². The third kappa shape index (κ3) is 4.33. The zero-order valence-corrected chi connectivity index (χ0v) is 12.9. The number of rotatable bonds is 5. The fourth-order valence-electron chi connectivity index (χ4n) is 2.30. The van der Waals surface area contributed by atoms with E-state index in [9.17, 15) is 15.0 Å². The number of phenols is 1. The number of aromatic hydroxyl groups is 1. The van der Waals surface area contributed by atoms with Crippen molar-refractivity contribution in [2.24, 2.45) is 0 Å². The Balaban J connectivity index is 2.28. The zero-order valence-electron chi connectivity index (χ0n) is 12.9. The molecule has 0 fully saturated rings. The number of benzene rings is 2. The second-order valence-corrected chi connectivity index (χ2v) is 5.98. The summed E-state index contributed by atoms with van der Waals surface area (Å²) in [4.78, 5) is 14.2. The van der Waals surface area contributed by atoms with Crippen molar-refractivity contribution in [1.82, 2.24) is 4.90 Å². The molecule has 0 saturated heterocycles. The lowest BCUT2D eigenvalue weighted by molar-refractivity contribution is 0.0278. The number of carbonyl (C=O) groups is 1. The van der Waals surface area contributed by atoms with Crippen LogP contribution in [-0.2, 0) is 6.54 Å². The van der Waals surface area contributed by atoms with Gasteiger partial charge in [0.05, 0.1) is 11.2 Å². The summed E-state index contributed by atoms with van der Waals surface area (Å²) in [7, 11) is 0. The zero-order chi connectivity index (χ0) is 16.2. The third-order valence-electron chi connectivity index (χ3n) is 3.22. The highest BCUT2D eigenvalue weighted by Gasteiger charge is 2.25. The Kier molecular flexibility index (Phi) is 4.83. The molecule has 0 atom stereocenters. The first-order chi connectivity index (χ1) is 10.4. The number of phenolic OH excluding ortho intramolecular Hbond substituents is 1. The molecule has 2 aromatic rings. The van der Waals surface area contributed by atoms with Crippen LogP contribution in [0.3, 0.4) is 0 Å². The molecule has 2 N–H and O–H groups in total. The average Bonchev–Trinajstić information content (AvgIpc) is 2.46. The molecule has 0 heterocycles. The topological polar surface area (TPSA) is 60.8 Å². The summed E-state index contributed by atoms with van der Waals surface area (Å²) in [5.74, 6) is -0.356. The van der Waals surface area contributed by atoms with Gasteiger partial charge in [-0.2, -0.15) is 0 Å². The molecule has 116 valence electrons. The van der Waals surface area contributed by atoms with E-state index in [0.29, 0.717) is 6.54 Å². The molecule has 0 radical (unpaired) electrons. The van der Waals surface area contributed by atoms with Crippen molar-refractivity contribution in [3.63, 3.8) is 0 Å². The maximum Gasteiger partial charge on any atom is 0.258 e. The number of para-hydroxylation sites is 1. The van der Waals surface area contributed by atoms with Crippen molar-refractivity contribution in [2.75, 3.05) is 6.54 Å². The second-order valence-electron chi connectivity index (χ2n) is 5.98. The number of hydrogen-bond donors (Lipinski definition) is 2. The first-order valence-electron chi connectivity index (χ1n) is 7.20. The first-order valence-corrected chi connectivity index (χ1v) is 7.20. The molecule has 0 aromatic heterocycles. The van der Waals surface area contributed by atoms with Crippen molar-refractivity contribution >= 4 is 5.91 Å². The van der Waals surface area contributed by atoms with Crippen LogP contribution in [0.15, 0.2) is 54.6 Å². The van der Waals surface area contributed by atoms with Crippen LogP contribution in [0.1, 0.15) is 29.8 Å². The van der Waals surface area contributed by atoms with E-state index in [1.54, 1.807) is 36.9 Å². The summed E-state index contributed by atoms with van der Waals surface area (Å²) in [6.45, 7) is 3.86. The molecule has 0 aliphatic rings. The van der Waals surface area contributed by atoms with Gasteiger partial charge in [0.2, 0.25) is 0 Å². The van der Waals surface area contributed by atoms with E-state index < -0.39 is 5.60 Å². The largest absolute Gasteiger partial charge is 0.507 e. The van der Waals surface area contributed by atoms with Crippen LogP contribution in [0.4, 0.5) is 0 Å². The lowest BCUT2D eigenvalue weighted by atomic mass is 10.1. The van der Waals surface area contributed by atoms with E-state index in [-0.39, 0.29) is 23.8 Å². The van der Waals surface area contributed by atoms with Gasteiger partial charge >= 0.3 is 0 Å². The molecule has 22 heavy (non-hydrogen) atoms. The van der Waals surface area contributed by atoms with Crippen LogP contribution >= 0.6 is 0 Å². The molecular formula is C18H21NO3. The Bertz CT molecular complexity index is 632. The van der Waals surface area contributed by atoms with E-state index in [2.05, 4.69) is 0 Å². The molecule has 0 unspecified atom stereocenters. The number of nitrogens with zero attached hydrogens (tertiary/aromatic N) is 1. The van der Waals surface area contributed by atoms with Crippen LogP contribution in [0, 0.1) is 0 Å². The lowest BCUT2D eigenvalue weighted by Gasteiger charge is -2.29. The van der Waals surface area contributed by atoms with Gasteiger partial charge in [0, 0.05) is 13.1 Å². The molecular weight excluding hydrogens is 278 g/mol. The summed E-state index contributed by atoms with van der Waals surface area (Å²) < 4.78 is 0. The van der Waals surface area contributed by atoms with Crippen LogP contribution in [0.25, 0.3) is 0 Å². The predicted octanol–water partition coefficient (Wildman–Crippen LogP) is 2.81. The minimum Gasteiger partial charge on any atom is -0.507 e. The van der Waals surface area contributed by atoms with E-state index >= 15 is 0 Å². The summed E-state index contributed by atoms with van der Waals surface area (Å²) in [6.07, 6.45) is 0. The van der Waals surface area contributed by atoms with Crippen LogP contribution in [-0.4, -0.2) is 33.2 Å². The van der Waals surface area contributed by atoms with Crippen molar-refractivity contribution in [1.29, 1.82) is 0 Å². The molecule has 0 saturated carbocycles. The van der Waals surface area contributed by atoms with Gasteiger partial charge in [0.25, 0.3) is 5.91 Å². The Morgan fingerprint density at radius 2 is 1.64 bits per heavy atom. The maximum absolute atomic E-state index is 12.7. The molecule has 1 amide bonds. The summed E-state index contributed by atoms with van der Waals surface area (Å²) in [5.41, 5.74) is 0.188. The van der Waals surface area contributed by atoms with Crippen LogP contribution in [0.2, 0.25) is 0 Å². The van der Waals surface area contributed by atoms with Crippen molar-refractivity contribution < 1.29 is 15.0 Å². The van der Waals surface area contributed by atoms with E-state index in [1.807, 2.05) is 30.3 Å². The lowest BCUT2D eigenvalue weighted by Crippen LogP contribution is -2.41. The smallest absolute Gasteiger partial charge is 0.258 e. The number of aliphatic hydroxyl groups is 1. The Morgan fingerprint density at radius 3 is 2.23 bits per heavy atom. The predicted molar refractivity (Wildman–Crippen MR) is 85.6 cm³/mol. The number of carbonyl (C=O) groups excluding carboxylic acids is 1. The molecule has 4 heteroatoms. The summed E-state index contributed by atoms with van der Waals surface area (Å²) in [5, 5.41) is 20.0. The van der Waals surface area contributed by atoms with Crippen molar-refractivity contribution in [3.05, 3.63) is 65.7 Å². The standard InChI is InChI=1S/C18H21NO3/c1-18(2,22)13-19(12-14-8-4-3-5-9-14)17(21)15-10-6-7-11-16(15)20/h3-11,20,22H,12-13H2,1-2H3. The normalized spacial score (nSPS) is 11.2. The second kappa shape index (κ2) is 6.62. The first kappa shape index (κ1) is 16.0. The van der Waals surface area contributed by atoms with Gasteiger partial charge in [-0.05, 0) is 31.5 Å². The summed E-state index contributed by atoms with van der Waals surface area (Å²) >= 11 is 0. The maximum atomic E-state index is 12.7. The van der Waals surface area contributed by atoms with Gasteiger partial charge in [-0.25, -0.2) is 0 Å². The van der Waals surface area contributed by atoms with E-state index in [0.717, 1.165) is 5.56 Å². The number of hydrogen-bond acceptors (Lipinski definition) is 3. The van der Waals surface area contributed by atoms with E-state index in [4.69, 9.17) is 0 Å². The SMILES string of the molecule is CC(C)(O)CN(Cc1ccccc1)C(=O)c1ccccc1O.